The Kier molecular flexibility index (Phi) is 6.80. The van der Waals surface area contributed by atoms with Crippen LogP contribution in [0, 0.1) is 11.8 Å². The number of amides is 2. The monoisotopic (exact) mass is 291 g/mol. The van der Waals surface area contributed by atoms with E-state index in [-0.39, 0.29) is 42.2 Å². The lowest BCUT2D eigenvalue weighted by atomic mass is 9.88. The van der Waals surface area contributed by atoms with E-state index in [1.54, 1.807) is 7.05 Å². The van der Waals surface area contributed by atoms with Crippen molar-refractivity contribution in [3.05, 3.63) is 0 Å². The summed E-state index contributed by atoms with van der Waals surface area (Å²) in [6.07, 6.45) is 0. The van der Waals surface area contributed by atoms with Gasteiger partial charge in [0.1, 0.15) is 0 Å². The molecular weight excluding hydrogens is 266 g/mol. The van der Waals surface area contributed by atoms with Crippen LogP contribution in [-0.2, 0) is 9.59 Å². The van der Waals surface area contributed by atoms with Crippen LogP contribution in [0.25, 0.3) is 0 Å². The summed E-state index contributed by atoms with van der Waals surface area (Å²) in [4.78, 5) is 25.3. The van der Waals surface area contributed by atoms with Crippen molar-refractivity contribution in [1.29, 1.82) is 0 Å². The fourth-order valence-corrected chi connectivity index (χ4v) is 1.96. The third-order valence-electron chi connectivity index (χ3n) is 3.18. The van der Waals surface area contributed by atoms with Crippen LogP contribution in [0.15, 0.2) is 0 Å². The maximum atomic E-state index is 12.1. The molecule has 19 heavy (non-hydrogen) atoms. The summed E-state index contributed by atoms with van der Waals surface area (Å²) in [5.41, 5.74) is -0.259. The number of likely N-dealkylation sites (N-methyl/N-ethyl adjacent to an activating group) is 1. The van der Waals surface area contributed by atoms with E-state index in [9.17, 15) is 9.59 Å². The number of hydrogen-bond acceptors (Lipinski definition) is 3. The lowest BCUT2D eigenvalue weighted by molar-refractivity contribution is -0.139. The summed E-state index contributed by atoms with van der Waals surface area (Å²) in [5.74, 6) is 0.326. The summed E-state index contributed by atoms with van der Waals surface area (Å²) >= 11 is 0. The Morgan fingerprint density at radius 3 is 2.26 bits per heavy atom. The third kappa shape index (κ3) is 5.78. The van der Waals surface area contributed by atoms with Gasteiger partial charge in [-0.3, -0.25) is 9.59 Å². The number of halogens is 1. The maximum Gasteiger partial charge on any atom is 0.240 e. The van der Waals surface area contributed by atoms with E-state index in [2.05, 4.69) is 10.6 Å². The van der Waals surface area contributed by atoms with Crippen molar-refractivity contribution in [1.82, 2.24) is 15.5 Å². The molecular formula is C13H26ClN3O2. The van der Waals surface area contributed by atoms with Crippen LogP contribution in [-0.4, -0.2) is 48.9 Å². The van der Waals surface area contributed by atoms with Gasteiger partial charge in [-0.25, -0.2) is 0 Å². The first-order valence-electron chi connectivity index (χ1n) is 6.47. The Labute approximate surface area is 121 Å². The first-order valence-corrected chi connectivity index (χ1v) is 6.47. The Morgan fingerprint density at radius 2 is 1.89 bits per heavy atom. The molecule has 1 aliphatic heterocycles. The Bertz CT molecular complexity index is 324. The van der Waals surface area contributed by atoms with Crippen molar-refractivity contribution >= 4 is 24.2 Å². The summed E-state index contributed by atoms with van der Waals surface area (Å²) in [6.45, 7) is 9.64. The van der Waals surface area contributed by atoms with Crippen molar-refractivity contribution in [2.24, 2.45) is 11.8 Å². The van der Waals surface area contributed by atoms with Gasteiger partial charge in [-0.05, 0) is 39.8 Å². The van der Waals surface area contributed by atoms with Gasteiger partial charge >= 0.3 is 0 Å². The zero-order chi connectivity index (χ0) is 13.9. The van der Waals surface area contributed by atoms with Gasteiger partial charge in [0.05, 0.1) is 6.54 Å². The molecule has 1 fully saturated rings. The first kappa shape index (κ1) is 18.2. The van der Waals surface area contributed by atoms with E-state index in [1.165, 1.54) is 4.90 Å². The van der Waals surface area contributed by atoms with Crippen molar-refractivity contribution in [2.45, 2.75) is 33.2 Å². The van der Waals surface area contributed by atoms with E-state index in [1.807, 2.05) is 27.7 Å². The van der Waals surface area contributed by atoms with E-state index < -0.39 is 0 Å². The molecule has 112 valence electrons. The highest BCUT2D eigenvalue weighted by Gasteiger charge is 2.31. The van der Waals surface area contributed by atoms with Gasteiger partial charge in [-0.15, -0.1) is 12.4 Å². The molecule has 0 aromatic carbocycles. The lowest BCUT2D eigenvalue weighted by Crippen LogP contribution is -2.52. The largest absolute Gasteiger partial charge is 0.350 e. The SMILES string of the molecule is CC(C(=O)N(C)CC(=O)NC(C)(C)C)C1CNC1.Cl. The molecule has 0 spiro atoms. The fourth-order valence-electron chi connectivity index (χ4n) is 1.96. The number of nitrogens with zero attached hydrogens (tertiary/aromatic N) is 1. The van der Waals surface area contributed by atoms with Crippen molar-refractivity contribution in [3.8, 4) is 0 Å². The average Bonchev–Trinajstić information content (AvgIpc) is 2.10. The van der Waals surface area contributed by atoms with Crippen LogP contribution in [0.4, 0.5) is 0 Å². The number of rotatable bonds is 4. The Morgan fingerprint density at radius 1 is 1.37 bits per heavy atom. The van der Waals surface area contributed by atoms with Gasteiger partial charge < -0.3 is 15.5 Å². The van der Waals surface area contributed by atoms with E-state index in [4.69, 9.17) is 0 Å². The average molecular weight is 292 g/mol. The zero-order valence-corrected chi connectivity index (χ0v) is 13.3. The molecule has 1 heterocycles. The number of carbonyl (C=O) groups is 2. The topological polar surface area (TPSA) is 61.4 Å². The molecule has 2 amide bonds. The third-order valence-corrected chi connectivity index (χ3v) is 3.18. The van der Waals surface area contributed by atoms with E-state index >= 15 is 0 Å². The molecule has 5 nitrogen and oxygen atoms in total. The van der Waals surface area contributed by atoms with Crippen LogP contribution >= 0.6 is 12.4 Å². The second kappa shape index (κ2) is 7.10. The quantitative estimate of drug-likeness (QED) is 0.799. The molecule has 1 atom stereocenters. The first-order chi connectivity index (χ1) is 8.20. The molecule has 1 unspecified atom stereocenters. The summed E-state index contributed by atoms with van der Waals surface area (Å²) in [5, 5.41) is 6.01. The van der Waals surface area contributed by atoms with Crippen LogP contribution < -0.4 is 10.6 Å². The molecule has 1 rings (SSSR count). The fraction of sp³-hybridized carbons (Fsp3) is 0.846. The van der Waals surface area contributed by atoms with Crippen LogP contribution in [0.5, 0.6) is 0 Å². The van der Waals surface area contributed by atoms with Crippen molar-refractivity contribution in [3.63, 3.8) is 0 Å². The van der Waals surface area contributed by atoms with Crippen LogP contribution in [0.3, 0.4) is 0 Å². The molecule has 0 aliphatic carbocycles. The van der Waals surface area contributed by atoms with Gasteiger partial charge in [-0.2, -0.15) is 0 Å². The Balaban J connectivity index is 0.00000324. The molecule has 2 N–H and O–H groups in total. The number of nitrogens with one attached hydrogen (secondary N) is 2. The Hall–Kier alpha value is -0.810. The van der Waals surface area contributed by atoms with Crippen LogP contribution in [0.2, 0.25) is 0 Å². The van der Waals surface area contributed by atoms with E-state index in [0.29, 0.717) is 5.92 Å². The van der Waals surface area contributed by atoms with Gasteiger partial charge in [0.2, 0.25) is 11.8 Å². The van der Waals surface area contributed by atoms with Gasteiger partial charge in [-0.1, -0.05) is 6.92 Å². The lowest BCUT2D eigenvalue weighted by Gasteiger charge is -2.34. The molecule has 0 aromatic rings. The zero-order valence-electron chi connectivity index (χ0n) is 12.4. The number of carbonyl (C=O) groups excluding carboxylic acids is 2. The molecule has 6 heteroatoms. The molecule has 0 bridgehead atoms. The molecule has 0 radical (unpaired) electrons. The minimum absolute atomic E-state index is 0. The van der Waals surface area contributed by atoms with Crippen molar-refractivity contribution < 1.29 is 9.59 Å². The minimum atomic E-state index is -0.259. The summed E-state index contributed by atoms with van der Waals surface area (Å²) < 4.78 is 0. The van der Waals surface area contributed by atoms with Gasteiger partial charge in [0.25, 0.3) is 0 Å². The maximum absolute atomic E-state index is 12.1. The van der Waals surface area contributed by atoms with Gasteiger partial charge in [0.15, 0.2) is 0 Å². The molecule has 0 saturated carbocycles. The molecule has 1 saturated heterocycles. The smallest absolute Gasteiger partial charge is 0.240 e. The van der Waals surface area contributed by atoms with Crippen molar-refractivity contribution in [2.75, 3.05) is 26.7 Å². The highest BCUT2D eigenvalue weighted by molar-refractivity contribution is 5.86. The van der Waals surface area contributed by atoms with Gasteiger partial charge in [0, 0.05) is 18.5 Å². The predicted molar refractivity (Wildman–Crippen MR) is 78.3 cm³/mol. The predicted octanol–water partition coefficient (Wildman–Crippen LogP) is 0.637. The number of hydrogen-bond donors (Lipinski definition) is 2. The van der Waals surface area contributed by atoms with Crippen LogP contribution in [0.1, 0.15) is 27.7 Å². The summed E-state index contributed by atoms with van der Waals surface area (Å²) in [6, 6.07) is 0. The standard InChI is InChI=1S/C13H25N3O2.ClH/c1-9(10-6-14-7-10)12(18)16(5)8-11(17)15-13(2,3)4;/h9-10,14H,6-8H2,1-5H3,(H,15,17);1H. The normalized spacial score (nSPS) is 16.9. The second-order valence-corrected chi connectivity index (χ2v) is 6.20. The molecule has 1 aliphatic rings. The molecule has 0 aromatic heterocycles. The summed E-state index contributed by atoms with van der Waals surface area (Å²) in [7, 11) is 1.69. The highest BCUT2D eigenvalue weighted by Crippen LogP contribution is 2.17. The highest BCUT2D eigenvalue weighted by atomic mass is 35.5. The minimum Gasteiger partial charge on any atom is -0.350 e. The second-order valence-electron chi connectivity index (χ2n) is 6.20. The van der Waals surface area contributed by atoms with E-state index in [0.717, 1.165) is 13.1 Å².